The molecule has 3 aromatic rings. The van der Waals surface area contributed by atoms with Gasteiger partial charge < -0.3 is 0 Å². The normalized spacial score (nSPS) is 12.3. The molecule has 1 unspecified atom stereocenters. The lowest BCUT2D eigenvalue weighted by atomic mass is 9.86. The third-order valence-corrected chi connectivity index (χ3v) is 4.08. The first-order valence-corrected chi connectivity index (χ1v) is 7.26. The molecule has 0 spiro atoms. The fourth-order valence-corrected chi connectivity index (χ4v) is 2.96. The summed E-state index contributed by atoms with van der Waals surface area (Å²) in [6, 6.07) is 22.6. The SMILES string of the molecule is CC(=O)c1c(C(C)c2ccccc2)ccc2ccccc12. The molecule has 3 rings (SSSR count). The molecule has 0 heterocycles. The summed E-state index contributed by atoms with van der Waals surface area (Å²) < 4.78 is 0. The van der Waals surface area contributed by atoms with Gasteiger partial charge in [0.15, 0.2) is 5.78 Å². The lowest BCUT2D eigenvalue weighted by Crippen LogP contribution is -2.05. The molecule has 21 heavy (non-hydrogen) atoms. The van der Waals surface area contributed by atoms with Gasteiger partial charge in [-0.15, -0.1) is 0 Å². The molecule has 0 aliphatic rings. The Balaban J connectivity index is 2.23. The summed E-state index contributed by atoms with van der Waals surface area (Å²) in [5, 5.41) is 2.16. The second kappa shape index (κ2) is 5.53. The Hall–Kier alpha value is -2.41. The minimum atomic E-state index is 0.129. The average Bonchev–Trinajstić information content (AvgIpc) is 2.53. The summed E-state index contributed by atoms with van der Waals surface area (Å²) in [4.78, 5) is 12.2. The molecule has 0 aromatic heterocycles. The van der Waals surface area contributed by atoms with E-state index in [2.05, 4.69) is 37.3 Å². The maximum Gasteiger partial charge on any atom is 0.160 e. The van der Waals surface area contributed by atoms with Crippen molar-refractivity contribution < 1.29 is 4.79 Å². The minimum Gasteiger partial charge on any atom is -0.294 e. The molecule has 0 aliphatic carbocycles. The van der Waals surface area contributed by atoms with E-state index in [9.17, 15) is 4.79 Å². The lowest BCUT2D eigenvalue weighted by Gasteiger charge is -2.17. The van der Waals surface area contributed by atoms with Crippen molar-refractivity contribution in [2.24, 2.45) is 0 Å². The Morgan fingerprint density at radius 2 is 1.52 bits per heavy atom. The maximum atomic E-state index is 12.2. The summed E-state index contributed by atoms with van der Waals surface area (Å²) in [6.07, 6.45) is 0. The van der Waals surface area contributed by atoms with Gasteiger partial charge in [-0.1, -0.05) is 73.7 Å². The Morgan fingerprint density at radius 1 is 0.857 bits per heavy atom. The van der Waals surface area contributed by atoms with Crippen LogP contribution in [0.25, 0.3) is 10.8 Å². The molecule has 0 N–H and O–H groups in total. The van der Waals surface area contributed by atoms with E-state index >= 15 is 0 Å². The summed E-state index contributed by atoms with van der Waals surface area (Å²) in [5.74, 6) is 0.333. The monoisotopic (exact) mass is 274 g/mol. The molecular weight excluding hydrogens is 256 g/mol. The smallest absolute Gasteiger partial charge is 0.160 e. The van der Waals surface area contributed by atoms with Gasteiger partial charge in [0.2, 0.25) is 0 Å². The zero-order chi connectivity index (χ0) is 14.8. The first-order valence-electron chi connectivity index (χ1n) is 7.26. The number of hydrogen-bond acceptors (Lipinski definition) is 1. The predicted molar refractivity (Wildman–Crippen MR) is 87.9 cm³/mol. The van der Waals surface area contributed by atoms with Crippen molar-refractivity contribution in [1.82, 2.24) is 0 Å². The fraction of sp³-hybridized carbons (Fsp3) is 0.150. The number of Topliss-reactive ketones (excluding diaryl/α,β-unsaturated/α-hetero) is 1. The third kappa shape index (κ3) is 2.47. The molecule has 0 fully saturated rings. The van der Waals surface area contributed by atoms with Gasteiger partial charge in [0, 0.05) is 11.5 Å². The van der Waals surface area contributed by atoms with Gasteiger partial charge in [0.1, 0.15) is 0 Å². The number of carbonyl (C=O) groups is 1. The topological polar surface area (TPSA) is 17.1 Å². The van der Waals surface area contributed by atoms with E-state index in [1.165, 1.54) is 5.56 Å². The van der Waals surface area contributed by atoms with Crippen molar-refractivity contribution in [2.45, 2.75) is 19.8 Å². The molecule has 0 bridgehead atoms. The first-order chi connectivity index (χ1) is 10.2. The minimum absolute atomic E-state index is 0.129. The van der Waals surface area contributed by atoms with Crippen molar-refractivity contribution in [3.05, 3.63) is 83.4 Å². The highest BCUT2D eigenvalue weighted by atomic mass is 16.1. The second-order valence-corrected chi connectivity index (χ2v) is 5.44. The van der Waals surface area contributed by atoms with Crippen LogP contribution in [-0.2, 0) is 0 Å². The molecule has 0 amide bonds. The Kier molecular flexibility index (Phi) is 3.57. The first kappa shape index (κ1) is 13.6. The standard InChI is InChI=1S/C20H18O/c1-14(16-8-4-3-5-9-16)18-13-12-17-10-6-7-11-19(17)20(18)15(2)21/h3-14H,1-2H3. The number of carbonyl (C=O) groups excluding carboxylic acids is 1. The van der Waals surface area contributed by atoms with Gasteiger partial charge >= 0.3 is 0 Å². The van der Waals surface area contributed by atoms with E-state index < -0.39 is 0 Å². The largest absolute Gasteiger partial charge is 0.294 e. The van der Waals surface area contributed by atoms with E-state index in [1.54, 1.807) is 6.92 Å². The molecule has 104 valence electrons. The van der Waals surface area contributed by atoms with Crippen molar-refractivity contribution in [1.29, 1.82) is 0 Å². The number of hydrogen-bond donors (Lipinski definition) is 0. The van der Waals surface area contributed by atoms with Gasteiger partial charge in [-0.2, -0.15) is 0 Å². The maximum absolute atomic E-state index is 12.2. The molecule has 3 aromatic carbocycles. The molecular formula is C20H18O. The van der Waals surface area contributed by atoms with Gasteiger partial charge in [-0.3, -0.25) is 4.79 Å². The molecule has 0 aliphatic heterocycles. The molecule has 0 radical (unpaired) electrons. The van der Waals surface area contributed by atoms with Crippen LogP contribution in [0.1, 0.15) is 41.3 Å². The lowest BCUT2D eigenvalue weighted by molar-refractivity contribution is 0.101. The van der Waals surface area contributed by atoms with Crippen LogP contribution in [-0.4, -0.2) is 5.78 Å². The molecule has 1 atom stereocenters. The van der Waals surface area contributed by atoms with Crippen molar-refractivity contribution in [3.8, 4) is 0 Å². The molecule has 0 saturated carbocycles. The van der Waals surface area contributed by atoms with Crippen LogP contribution < -0.4 is 0 Å². The third-order valence-electron chi connectivity index (χ3n) is 4.08. The molecule has 0 saturated heterocycles. The highest BCUT2D eigenvalue weighted by Crippen LogP contribution is 2.31. The van der Waals surface area contributed by atoms with Crippen LogP contribution in [0.2, 0.25) is 0 Å². The highest BCUT2D eigenvalue weighted by molar-refractivity contribution is 6.08. The van der Waals surface area contributed by atoms with E-state index in [0.717, 1.165) is 21.9 Å². The second-order valence-electron chi connectivity index (χ2n) is 5.44. The number of ketones is 1. The van der Waals surface area contributed by atoms with E-state index in [1.807, 2.05) is 36.4 Å². The summed E-state index contributed by atoms with van der Waals surface area (Å²) in [7, 11) is 0. The summed E-state index contributed by atoms with van der Waals surface area (Å²) in [6.45, 7) is 3.81. The highest BCUT2D eigenvalue weighted by Gasteiger charge is 2.17. The van der Waals surface area contributed by atoms with Crippen LogP contribution in [0, 0.1) is 0 Å². The van der Waals surface area contributed by atoms with Crippen LogP contribution >= 0.6 is 0 Å². The summed E-state index contributed by atoms with van der Waals surface area (Å²) >= 11 is 0. The zero-order valence-corrected chi connectivity index (χ0v) is 12.3. The number of fused-ring (bicyclic) bond motifs is 1. The van der Waals surface area contributed by atoms with E-state index in [4.69, 9.17) is 0 Å². The Bertz CT molecular complexity index is 787. The van der Waals surface area contributed by atoms with Gasteiger partial charge in [-0.05, 0) is 28.8 Å². The van der Waals surface area contributed by atoms with Crippen LogP contribution in [0.15, 0.2) is 66.7 Å². The van der Waals surface area contributed by atoms with E-state index in [0.29, 0.717) is 0 Å². The quantitative estimate of drug-likeness (QED) is 0.600. The molecule has 1 nitrogen and oxygen atoms in total. The van der Waals surface area contributed by atoms with Gasteiger partial charge in [0.25, 0.3) is 0 Å². The zero-order valence-electron chi connectivity index (χ0n) is 12.3. The average molecular weight is 274 g/mol. The van der Waals surface area contributed by atoms with Crippen molar-refractivity contribution >= 4 is 16.6 Å². The van der Waals surface area contributed by atoms with Crippen LogP contribution in [0.3, 0.4) is 0 Å². The van der Waals surface area contributed by atoms with Crippen molar-refractivity contribution in [2.75, 3.05) is 0 Å². The van der Waals surface area contributed by atoms with Crippen LogP contribution in [0.4, 0.5) is 0 Å². The van der Waals surface area contributed by atoms with Crippen molar-refractivity contribution in [3.63, 3.8) is 0 Å². The number of rotatable bonds is 3. The Labute approximate surface area is 125 Å². The van der Waals surface area contributed by atoms with Crippen LogP contribution in [0.5, 0.6) is 0 Å². The predicted octanol–water partition coefficient (Wildman–Crippen LogP) is 5.19. The Morgan fingerprint density at radius 3 is 2.24 bits per heavy atom. The van der Waals surface area contributed by atoms with E-state index in [-0.39, 0.29) is 11.7 Å². The summed E-state index contributed by atoms with van der Waals surface area (Å²) in [5.41, 5.74) is 3.19. The number of benzene rings is 3. The molecule has 1 heteroatoms. The fourth-order valence-electron chi connectivity index (χ4n) is 2.96. The van der Waals surface area contributed by atoms with Gasteiger partial charge in [-0.25, -0.2) is 0 Å². The van der Waals surface area contributed by atoms with Gasteiger partial charge in [0.05, 0.1) is 0 Å².